The number of Topliss-reactive ketones (excluding diaryl/α,β-unsaturated/α-hetero) is 1. The first-order chi connectivity index (χ1) is 9.92. The summed E-state index contributed by atoms with van der Waals surface area (Å²) in [7, 11) is -2.19. The van der Waals surface area contributed by atoms with Crippen molar-refractivity contribution in [2.24, 2.45) is 0 Å². The van der Waals surface area contributed by atoms with Gasteiger partial charge in [0.15, 0.2) is 9.84 Å². The standard InChI is InChI=1S/C14H17NO5S/c1-20-12-2-4-13(5-3-12)21(18,19)10-14(17)15-8-6-11(16)7-9-15/h2-5H,6-10H2,1H3. The molecular weight excluding hydrogens is 294 g/mol. The summed E-state index contributed by atoms with van der Waals surface area (Å²) in [5.74, 6) is -0.377. The maximum atomic E-state index is 12.2. The molecule has 1 aromatic carbocycles. The van der Waals surface area contributed by atoms with E-state index in [1.807, 2.05) is 0 Å². The largest absolute Gasteiger partial charge is 0.497 e. The van der Waals surface area contributed by atoms with Crippen molar-refractivity contribution in [3.8, 4) is 5.75 Å². The van der Waals surface area contributed by atoms with Crippen molar-refractivity contribution in [2.45, 2.75) is 17.7 Å². The summed E-state index contributed by atoms with van der Waals surface area (Å²) in [6, 6.07) is 5.91. The Labute approximate surface area is 123 Å². The molecule has 0 aliphatic carbocycles. The topological polar surface area (TPSA) is 80.8 Å². The van der Waals surface area contributed by atoms with Crippen molar-refractivity contribution in [3.63, 3.8) is 0 Å². The van der Waals surface area contributed by atoms with E-state index in [0.29, 0.717) is 31.7 Å². The number of methoxy groups -OCH3 is 1. The van der Waals surface area contributed by atoms with E-state index in [0.717, 1.165) is 0 Å². The van der Waals surface area contributed by atoms with Crippen LogP contribution in [0.2, 0.25) is 0 Å². The van der Waals surface area contributed by atoms with Gasteiger partial charge in [-0.2, -0.15) is 0 Å². The highest BCUT2D eigenvalue weighted by Gasteiger charge is 2.26. The van der Waals surface area contributed by atoms with Crippen LogP contribution in [0.15, 0.2) is 29.2 Å². The highest BCUT2D eigenvalue weighted by Crippen LogP contribution is 2.17. The minimum Gasteiger partial charge on any atom is -0.497 e. The molecule has 21 heavy (non-hydrogen) atoms. The molecule has 7 heteroatoms. The first-order valence-electron chi connectivity index (χ1n) is 6.58. The lowest BCUT2D eigenvalue weighted by molar-refractivity contribution is -0.132. The first-order valence-corrected chi connectivity index (χ1v) is 8.24. The number of amides is 1. The normalized spacial score (nSPS) is 15.9. The Kier molecular flexibility index (Phi) is 4.62. The third-order valence-electron chi connectivity index (χ3n) is 3.41. The van der Waals surface area contributed by atoms with Crippen LogP contribution >= 0.6 is 0 Å². The fourth-order valence-electron chi connectivity index (χ4n) is 2.13. The number of likely N-dealkylation sites (tertiary alicyclic amines) is 1. The lowest BCUT2D eigenvalue weighted by atomic mass is 10.1. The molecule has 6 nitrogen and oxygen atoms in total. The van der Waals surface area contributed by atoms with E-state index >= 15 is 0 Å². The molecule has 1 aromatic rings. The van der Waals surface area contributed by atoms with Gasteiger partial charge in [0.05, 0.1) is 12.0 Å². The maximum absolute atomic E-state index is 12.2. The SMILES string of the molecule is COc1ccc(S(=O)(=O)CC(=O)N2CCC(=O)CC2)cc1. The Balaban J connectivity index is 2.05. The second-order valence-corrected chi connectivity index (χ2v) is 6.84. The number of piperidine rings is 1. The quantitative estimate of drug-likeness (QED) is 0.816. The van der Waals surface area contributed by atoms with Crippen molar-refractivity contribution in [1.82, 2.24) is 4.90 Å². The number of nitrogens with zero attached hydrogens (tertiary/aromatic N) is 1. The molecule has 0 radical (unpaired) electrons. The van der Waals surface area contributed by atoms with Gasteiger partial charge in [-0.05, 0) is 24.3 Å². The second kappa shape index (κ2) is 6.26. The number of carbonyl (C=O) groups is 2. The van der Waals surface area contributed by atoms with E-state index in [2.05, 4.69) is 0 Å². The Morgan fingerprint density at radius 2 is 1.76 bits per heavy atom. The average molecular weight is 311 g/mol. The molecule has 1 heterocycles. The molecule has 0 aromatic heterocycles. The Bertz CT molecular complexity index is 626. The first kappa shape index (κ1) is 15.5. The maximum Gasteiger partial charge on any atom is 0.238 e. The molecule has 1 fully saturated rings. The molecule has 114 valence electrons. The van der Waals surface area contributed by atoms with Gasteiger partial charge < -0.3 is 9.64 Å². The van der Waals surface area contributed by atoms with E-state index in [1.165, 1.54) is 36.3 Å². The van der Waals surface area contributed by atoms with Crippen LogP contribution in [0, 0.1) is 0 Å². The summed E-state index contributed by atoms with van der Waals surface area (Å²) in [6.07, 6.45) is 0.600. The van der Waals surface area contributed by atoms with Crippen molar-refractivity contribution in [1.29, 1.82) is 0 Å². The van der Waals surface area contributed by atoms with Crippen LogP contribution in [0.4, 0.5) is 0 Å². The van der Waals surface area contributed by atoms with E-state index in [1.54, 1.807) is 0 Å². The predicted molar refractivity (Wildman–Crippen MR) is 75.9 cm³/mol. The molecule has 0 saturated carbocycles. The number of hydrogen-bond acceptors (Lipinski definition) is 5. The van der Waals surface area contributed by atoms with Crippen molar-refractivity contribution in [3.05, 3.63) is 24.3 Å². The summed E-state index contributed by atoms with van der Waals surface area (Å²) in [6.45, 7) is 0.603. The summed E-state index contributed by atoms with van der Waals surface area (Å²) in [4.78, 5) is 24.7. The second-order valence-electron chi connectivity index (χ2n) is 4.85. The number of ether oxygens (including phenoxy) is 1. The summed E-state index contributed by atoms with van der Waals surface area (Å²) >= 11 is 0. The molecule has 0 atom stereocenters. The zero-order valence-corrected chi connectivity index (χ0v) is 12.6. The van der Waals surface area contributed by atoms with Crippen molar-refractivity contribution in [2.75, 3.05) is 26.0 Å². The van der Waals surface area contributed by atoms with Gasteiger partial charge in [0.25, 0.3) is 0 Å². The smallest absolute Gasteiger partial charge is 0.238 e. The van der Waals surface area contributed by atoms with Crippen LogP contribution < -0.4 is 4.74 Å². The zero-order chi connectivity index (χ0) is 15.5. The van der Waals surface area contributed by atoms with Gasteiger partial charge >= 0.3 is 0 Å². The molecule has 0 unspecified atom stereocenters. The van der Waals surface area contributed by atoms with E-state index in [9.17, 15) is 18.0 Å². The fourth-order valence-corrected chi connectivity index (χ4v) is 3.35. The Hall–Kier alpha value is -1.89. The van der Waals surface area contributed by atoms with Crippen molar-refractivity contribution < 1.29 is 22.7 Å². The molecule has 0 bridgehead atoms. The van der Waals surface area contributed by atoms with Crippen LogP contribution in [0.3, 0.4) is 0 Å². The van der Waals surface area contributed by atoms with Crippen molar-refractivity contribution >= 4 is 21.5 Å². The molecule has 1 aliphatic heterocycles. The van der Waals surface area contributed by atoms with Gasteiger partial charge in [0.2, 0.25) is 5.91 Å². The van der Waals surface area contributed by atoms with Gasteiger partial charge in [0, 0.05) is 25.9 Å². The van der Waals surface area contributed by atoms with Crippen LogP contribution in [-0.2, 0) is 19.4 Å². The highest BCUT2D eigenvalue weighted by atomic mass is 32.2. The fraction of sp³-hybridized carbons (Fsp3) is 0.429. The van der Waals surface area contributed by atoms with E-state index in [-0.39, 0.29) is 10.7 Å². The average Bonchev–Trinajstić information content (AvgIpc) is 2.47. The minimum atomic E-state index is -3.68. The van der Waals surface area contributed by atoms with Gasteiger partial charge in [-0.25, -0.2) is 8.42 Å². The third-order valence-corrected chi connectivity index (χ3v) is 5.02. The monoisotopic (exact) mass is 311 g/mol. The highest BCUT2D eigenvalue weighted by molar-refractivity contribution is 7.92. The number of rotatable bonds is 4. The van der Waals surface area contributed by atoms with Crippen LogP contribution in [0.1, 0.15) is 12.8 Å². The number of carbonyl (C=O) groups excluding carboxylic acids is 2. The Morgan fingerprint density at radius 1 is 1.19 bits per heavy atom. The van der Waals surface area contributed by atoms with Gasteiger partial charge in [-0.3, -0.25) is 9.59 Å². The molecule has 1 amide bonds. The zero-order valence-electron chi connectivity index (χ0n) is 11.7. The van der Waals surface area contributed by atoms with Crippen LogP contribution in [-0.4, -0.2) is 51.0 Å². The third kappa shape index (κ3) is 3.81. The molecule has 0 N–H and O–H groups in total. The summed E-state index contributed by atoms with van der Waals surface area (Å²) < 4.78 is 29.4. The lowest BCUT2D eigenvalue weighted by Gasteiger charge is -2.25. The summed E-state index contributed by atoms with van der Waals surface area (Å²) in [5, 5.41) is 0. The minimum absolute atomic E-state index is 0.0877. The molecule has 1 saturated heterocycles. The molecular formula is C14H17NO5S. The number of ketones is 1. The molecule has 1 aliphatic rings. The molecule has 2 rings (SSSR count). The van der Waals surface area contributed by atoms with Gasteiger partial charge in [-0.15, -0.1) is 0 Å². The number of hydrogen-bond donors (Lipinski definition) is 0. The van der Waals surface area contributed by atoms with Gasteiger partial charge in [-0.1, -0.05) is 0 Å². The van der Waals surface area contributed by atoms with E-state index in [4.69, 9.17) is 4.74 Å². The van der Waals surface area contributed by atoms with Crippen LogP contribution in [0.25, 0.3) is 0 Å². The summed E-state index contributed by atoms with van der Waals surface area (Å²) in [5.41, 5.74) is 0. The Morgan fingerprint density at radius 3 is 2.29 bits per heavy atom. The van der Waals surface area contributed by atoms with E-state index < -0.39 is 21.5 Å². The lowest BCUT2D eigenvalue weighted by Crippen LogP contribution is -2.41. The number of benzene rings is 1. The molecule has 0 spiro atoms. The van der Waals surface area contributed by atoms with Gasteiger partial charge in [0.1, 0.15) is 17.3 Å². The van der Waals surface area contributed by atoms with Crippen LogP contribution in [0.5, 0.6) is 5.75 Å². The number of sulfone groups is 1. The predicted octanol–water partition coefficient (Wildman–Crippen LogP) is 0.660.